The van der Waals surface area contributed by atoms with E-state index in [1.54, 1.807) is 11.8 Å². The molecule has 0 heterocycles. The highest BCUT2D eigenvalue weighted by Crippen LogP contribution is 2.13. The van der Waals surface area contributed by atoms with E-state index in [9.17, 15) is 0 Å². The second kappa shape index (κ2) is 9.26. The first-order valence-corrected chi connectivity index (χ1v) is 6.66. The van der Waals surface area contributed by atoms with E-state index in [1.165, 1.54) is 11.1 Å². The second-order valence-corrected chi connectivity index (χ2v) is 4.27. The van der Waals surface area contributed by atoms with Crippen LogP contribution in [-0.2, 0) is 5.75 Å². The summed E-state index contributed by atoms with van der Waals surface area (Å²) in [7, 11) is 0. The first-order chi connectivity index (χ1) is 7.72. The van der Waals surface area contributed by atoms with Crippen LogP contribution in [0.5, 0.6) is 0 Å². The molecule has 3 heteroatoms. The summed E-state index contributed by atoms with van der Waals surface area (Å²) in [6.45, 7) is 6.07. The lowest BCUT2D eigenvalue weighted by atomic mass is 10.2. The number of nitrogens with zero attached hydrogens (tertiary/aromatic N) is 1. The number of nitrogens with two attached hydrogens (primary N) is 1. The fourth-order valence-corrected chi connectivity index (χ4v) is 1.90. The minimum Gasteiger partial charge on any atom is -0.315 e. The average Bonchev–Trinajstić information content (AvgIpc) is 2.34. The van der Waals surface area contributed by atoms with E-state index in [4.69, 9.17) is 11.0 Å². The summed E-state index contributed by atoms with van der Waals surface area (Å²) in [6, 6.07) is 10.1. The van der Waals surface area contributed by atoms with Crippen LogP contribution in [-0.4, -0.2) is 11.8 Å². The zero-order chi connectivity index (χ0) is 12.4. The molecule has 0 spiro atoms. The van der Waals surface area contributed by atoms with Gasteiger partial charge >= 0.3 is 0 Å². The summed E-state index contributed by atoms with van der Waals surface area (Å²) < 4.78 is 0. The molecule has 0 saturated carbocycles. The molecule has 0 aromatic heterocycles. The molecule has 0 aliphatic rings. The van der Waals surface area contributed by atoms with Crippen LogP contribution in [0.1, 0.15) is 25.0 Å². The quantitative estimate of drug-likeness (QED) is 0.874. The van der Waals surface area contributed by atoms with Crippen LogP contribution < -0.4 is 5.73 Å². The maximum absolute atomic E-state index is 8.48. The Morgan fingerprint density at radius 1 is 1.31 bits per heavy atom. The Balaban J connectivity index is 0.00000106. The van der Waals surface area contributed by atoms with Gasteiger partial charge in [-0.15, -0.1) is 0 Å². The van der Waals surface area contributed by atoms with Crippen molar-refractivity contribution in [2.24, 2.45) is 5.73 Å². The van der Waals surface area contributed by atoms with Crippen LogP contribution in [0.15, 0.2) is 24.3 Å². The van der Waals surface area contributed by atoms with Crippen LogP contribution in [0.4, 0.5) is 0 Å². The van der Waals surface area contributed by atoms with E-state index >= 15 is 0 Å². The van der Waals surface area contributed by atoms with Crippen molar-refractivity contribution in [3.05, 3.63) is 35.4 Å². The van der Waals surface area contributed by atoms with Crippen LogP contribution in [0.2, 0.25) is 0 Å². The Labute approximate surface area is 103 Å². The minimum absolute atomic E-state index is 0.342. The van der Waals surface area contributed by atoms with E-state index < -0.39 is 0 Å². The molecule has 0 fully saturated rings. The van der Waals surface area contributed by atoms with E-state index in [0.717, 1.165) is 5.75 Å². The molecule has 1 aromatic rings. The lowest BCUT2D eigenvalue weighted by molar-refractivity contribution is 0.953. The van der Waals surface area contributed by atoms with Gasteiger partial charge in [-0.3, -0.25) is 0 Å². The van der Waals surface area contributed by atoms with Crippen molar-refractivity contribution < 1.29 is 0 Å². The summed E-state index contributed by atoms with van der Waals surface area (Å²) in [4.78, 5) is 0. The summed E-state index contributed by atoms with van der Waals surface area (Å²) >= 11 is 1.70. The molecule has 0 radical (unpaired) electrons. The van der Waals surface area contributed by atoms with Gasteiger partial charge in [-0.1, -0.05) is 43.7 Å². The number of hydrogen-bond donors (Lipinski definition) is 1. The van der Waals surface area contributed by atoms with Gasteiger partial charge < -0.3 is 5.73 Å². The third-order valence-corrected chi connectivity index (χ3v) is 2.98. The molecule has 1 rings (SSSR count). The fourth-order valence-electron chi connectivity index (χ4n) is 1.03. The Hall–Kier alpha value is -0.980. The second-order valence-electron chi connectivity index (χ2n) is 3.24. The normalized spacial score (nSPS) is 10.9. The van der Waals surface area contributed by atoms with Gasteiger partial charge in [0.1, 0.15) is 6.04 Å². The van der Waals surface area contributed by atoms with Crippen LogP contribution in [0, 0.1) is 18.3 Å². The highest BCUT2D eigenvalue weighted by atomic mass is 32.2. The topological polar surface area (TPSA) is 49.8 Å². The smallest absolute Gasteiger partial charge is 0.102 e. The van der Waals surface area contributed by atoms with Gasteiger partial charge in [-0.2, -0.15) is 17.0 Å². The SMILES string of the molecule is CC.Cc1ccc(CSCC(N)C#N)cc1. The highest BCUT2D eigenvalue weighted by molar-refractivity contribution is 7.98. The van der Waals surface area contributed by atoms with E-state index in [0.29, 0.717) is 5.75 Å². The number of rotatable bonds is 4. The molecule has 0 amide bonds. The summed E-state index contributed by atoms with van der Waals surface area (Å²) in [6.07, 6.45) is 0. The molecule has 0 saturated heterocycles. The standard InChI is InChI=1S/C11H14N2S.C2H6/c1-9-2-4-10(5-3-9)7-14-8-11(13)6-12;1-2/h2-5,11H,7-8,13H2,1H3;1-2H3. The van der Waals surface area contributed by atoms with Gasteiger partial charge in [0.05, 0.1) is 6.07 Å². The van der Waals surface area contributed by atoms with Gasteiger partial charge in [0.2, 0.25) is 0 Å². The Kier molecular flexibility index (Phi) is 8.69. The first kappa shape index (κ1) is 15.0. The van der Waals surface area contributed by atoms with Crippen molar-refractivity contribution in [3.8, 4) is 6.07 Å². The molecule has 2 N–H and O–H groups in total. The summed E-state index contributed by atoms with van der Waals surface area (Å²) in [5, 5.41) is 8.48. The van der Waals surface area contributed by atoms with Crippen molar-refractivity contribution in [2.75, 3.05) is 5.75 Å². The molecular formula is C13H20N2S. The number of nitriles is 1. The Bertz CT molecular complexity index is 314. The van der Waals surface area contributed by atoms with Crippen molar-refractivity contribution in [3.63, 3.8) is 0 Å². The maximum atomic E-state index is 8.48. The minimum atomic E-state index is -0.342. The molecule has 1 aromatic carbocycles. The zero-order valence-electron chi connectivity index (χ0n) is 10.2. The highest BCUT2D eigenvalue weighted by Gasteiger charge is 1.99. The zero-order valence-corrected chi connectivity index (χ0v) is 11.1. The average molecular weight is 236 g/mol. The molecule has 0 aliphatic heterocycles. The Morgan fingerprint density at radius 3 is 2.38 bits per heavy atom. The van der Waals surface area contributed by atoms with Crippen LogP contribution >= 0.6 is 11.8 Å². The molecule has 16 heavy (non-hydrogen) atoms. The summed E-state index contributed by atoms with van der Waals surface area (Å²) in [5.74, 6) is 1.63. The molecule has 1 atom stereocenters. The first-order valence-electron chi connectivity index (χ1n) is 5.51. The summed E-state index contributed by atoms with van der Waals surface area (Å²) in [5.41, 5.74) is 8.03. The van der Waals surface area contributed by atoms with E-state index in [1.807, 2.05) is 19.9 Å². The van der Waals surface area contributed by atoms with Gasteiger partial charge in [-0.05, 0) is 12.5 Å². The molecular weight excluding hydrogens is 216 g/mol. The number of aryl methyl sites for hydroxylation is 1. The Morgan fingerprint density at radius 2 is 1.88 bits per heavy atom. The molecule has 1 unspecified atom stereocenters. The fraction of sp³-hybridized carbons (Fsp3) is 0.462. The van der Waals surface area contributed by atoms with Crippen molar-refractivity contribution in [1.29, 1.82) is 5.26 Å². The number of benzene rings is 1. The van der Waals surface area contributed by atoms with Crippen molar-refractivity contribution in [1.82, 2.24) is 0 Å². The number of thioether (sulfide) groups is 1. The van der Waals surface area contributed by atoms with Gasteiger partial charge in [0, 0.05) is 11.5 Å². The molecule has 0 aliphatic carbocycles. The predicted molar refractivity (Wildman–Crippen MR) is 72.3 cm³/mol. The predicted octanol–water partition coefficient (Wildman–Crippen LogP) is 3.11. The monoisotopic (exact) mass is 236 g/mol. The van der Waals surface area contributed by atoms with E-state index in [2.05, 4.69) is 31.2 Å². The third-order valence-electron chi connectivity index (χ3n) is 1.85. The van der Waals surface area contributed by atoms with Crippen LogP contribution in [0.3, 0.4) is 0 Å². The van der Waals surface area contributed by atoms with E-state index in [-0.39, 0.29) is 6.04 Å². The van der Waals surface area contributed by atoms with Crippen LogP contribution in [0.25, 0.3) is 0 Å². The van der Waals surface area contributed by atoms with Crippen molar-refractivity contribution >= 4 is 11.8 Å². The largest absolute Gasteiger partial charge is 0.315 e. The van der Waals surface area contributed by atoms with Gasteiger partial charge in [0.25, 0.3) is 0 Å². The van der Waals surface area contributed by atoms with Gasteiger partial charge in [-0.25, -0.2) is 0 Å². The molecule has 0 bridgehead atoms. The van der Waals surface area contributed by atoms with Gasteiger partial charge in [0.15, 0.2) is 0 Å². The number of hydrogen-bond acceptors (Lipinski definition) is 3. The third kappa shape index (κ3) is 6.49. The van der Waals surface area contributed by atoms with Crippen molar-refractivity contribution in [2.45, 2.75) is 32.6 Å². The maximum Gasteiger partial charge on any atom is 0.102 e. The lowest BCUT2D eigenvalue weighted by Gasteiger charge is -2.03. The molecule has 88 valence electrons. The molecule has 2 nitrogen and oxygen atoms in total. The lowest BCUT2D eigenvalue weighted by Crippen LogP contribution is -2.19.